The van der Waals surface area contributed by atoms with Crippen LogP contribution in [0.5, 0.6) is 0 Å². The molecule has 1 atom stereocenters. The first kappa shape index (κ1) is 21.2. The van der Waals surface area contributed by atoms with E-state index in [2.05, 4.69) is 30.1 Å². The zero-order valence-electron chi connectivity index (χ0n) is 17.3. The van der Waals surface area contributed by atoms with Gasteiger partial charge in [0.1, 0.15) is 22.6 Å². The van der Waals surface area contributed by atoms with Crippen LogP contribution in [-0.2, 0) is 6.42 Å². The van der Waals surface area contributed by atoms with Crippen molar-refractivity contribution in [1.29, 1.82) is 5.26 Å². The molecule has 0 spiro atoms. The number of hydrogen-bond acceptors (Lipinski definition) is 5. The fourth-order valence-corrected chi connectivity index (χ4v) is 4.54. The number of halogens is 1. The average Bonchev–Trinajstić information content (AvgIpc) is 3.31. The predicted molar refractivity (Wildman–Crippen MR) is 119 cm³/mol. The minimum absolute atomic E-state index is 0.0809. The van der Waals surface area contributed by atoms with Crippen LogP contribution in [0.2, 0.25) is 0 Å². The molecule has 1 fully saturated rings. The van der Waals surface area contributed by atoms with Crippen LogP contribution >= 0.6 is 11.3 Å². The number of benzene rings is 2. The molecule has 7 heteroatoms. The van der Waals surface area contributed by atoms with Gasteiger partial charge in [0.15, 0.2) is 0 Å². The first-order valence-corrected chi connectivity index (χ1v) is 11.2. The summed E-state index contributed by atoms with van der Waals surface area (Å²) >= 11 is 1.47. The van der Waals surface area contributed by atoms with E-state index in [0.29, 0.717) is 31.9 Å². The minimum atomic E-state index is -0.449. The Balaban J connectivity index is 1.39. The minimum Gasteiger partial charge on any atom is -0.335 e. The summed E-state index contributed by atoms with van der Waals surface area (Å²) in [5, 5.41) is 12.3. The molecule has 5 nitrogen and oxygen atoms in total. The molecule has 1 aliphatic rings. The monoisotopic (exact) mass is 434 g/mol. The number of nitrogens with zero attached hydrogens (tertiary/aromatic N) is 4. The van der Waals surface area contributed by atoms with Crippen LogP contribution in [0.1, 0.15) is 34.6 Å². The van der Waals surface area contributed by atoms with Crippen LogP contribution in [-0.4, -0.2) is 46.9 Å². The topological polar surface area (TPSA) is 60.2 Å². The van der Waals surface area contributed by atoms with Gasteiger partial charge in [0.05, 0.1) is 6.07 Å². The molecule has 4 rings (SSSR count). The first-order chi connectivity index (χ1) is 15.1. The summed E-state index contributed by atoms with van der Waals surface area (Å²) in [6.45, 7) is 4.33. The second kappa shape index (κ2) is 9.38. The Labute approximate surface area is 185 Å². The highest BCUT2D eigenvalue weighted by atomic mass is 32.1. The highest BCUT2D eigenvalue weighted by molar-refractivity contribution is 7.13. The number of aromatic nitrogens is 1. The average molecular weight is 435 g/mol. The third kappa shape index (κ3) is 4.66. The van der Waals surface area contributed by atoms with Crippen molar-refractivity contribution in [3.8, 4) is 16.6 Å². The summed E-state index contributed by atoms with van der Waals surface area (Å²) in [5.41, 5.74) is 3.51. The van der Waals surface area contributed by atoms with Gasteiger partial charge in [-0.1, -0.05) is 43.3 Å². The molecule has 0 saturated carbocycles. The van der Waals surface area contributed by atoms with Gasteiger partial charge in [-0.25, -0.2) is 9.37 Å². The second-order valence-electron chi connectivity index (χ2n) is 7.50. The van der Waals surface area contributed by atoms with Crippen LogP contribution in [0.15, 0.2) is 53.9 Å². The number of carbonyl (C=O) groups excluding carboxylic acids is 1. The van der Waals surface area contributed by atoms with E-state index in [1.165, 1.54) is 29.0 Å². The Bertz CT molecular complexity index is 1080. The SMILES string of the molecule is CCc1ccc(-c2nc(C(=O)N3CCN(C(C#N)c4ccc(F)cc4)CC3)cs2)cc1. The van der Waals surface area contributed by atoms with Crippen molar-refractivity contribution in [1.82, 2.24) is 14.8 Å². The molecule has 2 heterocycles. The zero-order chi connectivity index (χ0) is 21.8. The van der Waals surface area contributed by atoms with E-state index in [4.69, 9.17) is 0 Å². The Morgan fingerprint density at radius 3 is 2.42 bits per heavy atom. The van der Waals surface area contributed by atoms with Crippen molar-refractivity contribution in [3.63, 3.8) is 0 Å². The molecule has 0 radical (unpaired) electrons. The third-order valence-electron chi connectivity index (χ3n) is 5.61. The Hall–Kier alpha value is -3.08. The van der Waals surface area contributed by atoms with E-state index in [1.54, 1.807) is 17.0 Å². The van der Waals surface area contributed by atoms with E-state index < -0.39 is 6.04 Å². The van der Waals surface area contributed by atoms with Gasteiger partial charge < -0.3 is 4.90 Å². The summed E-state index contributed by atoms with van der Waals surface area (Å²) in [6.07, 6.45) is 0.988. The second-order valence-corrected chi connectivity index (χ2v) is 8.36. The van der Waals surface area contributed by atoms with Gasteiger partial charge in [0.2, 0.25) is 0 Å². The van der Waals surface area contributed by atoms with Crippen molar-refractivity contribution in [2.24, 2.45) is 0 Å². The van der Waals surface area contributed by atoms with E-state index in [9.17, 15) is 14.4 Å². The molecule has 1 aromatic heterocycles. The van der Waals surface area contributed by atoms with Crippen molar-refractivity contribution in [2.45, 2.75) is 19.4 Å². The molecular formula is C24H23FN4OS. The van der Waals surface area contributed by atoms with Crippen LogP contribution in [0.3, 0.4) is 0 Å². The number of aryl methyl sites for hydroxylation is 1. The van der Waals surface area contributed by atoms with Crippen LogP contribution in [0.4, 0.5) is 4.39 Å². The molecule has 3 aromatic rings. The van der Waals surface area contributed by atoms with E-state index >= 15 is 0 Å². The summed E-state index contributed by atoms with van der Waals surface area (Å²) in [7, 11) is 0. The number of amides is 1. The molecule has 1 saturated heterocycles. The quantitative estimate of drug-likeness (QED) is 0.592. The number of piperazine rings is 1. The molecular weight excluding hydrogens is 411 g/mol. The molecule has 0 bridgehead atoms. The van der Waals surface area contributed by atoms with Crippen molar-refractivity contribution < 1.29 is 9.18 Å². The number of hydrogen-bond donors (Lipinski definition) is 0. The third-order valence-corrected chi connectivity index (χ3v) is 6.50. The summed E-state index contributed by atoms with van der Waals surface area (Å²) in [6, 6.07) is 16.1. The van der Waals surface area contributed by atoms with Gasteiger partial charge in [-0.3, -0.25) is 9.69 Å². The first-order valence-electron chi connectivity index (χ1n) is 10.3. The molecule has 2 aromatic carbocycles. The van der Waals surface area contributed by atoms with Crippen LogP contribution in [0.25, 0.3) is 10.6 Å². The molecule has 1 aliphatic heterocycles. The molecule has 31 heavy (non-hydrogen) atoms. The Morgan fingerprint density at radius 1 is 1.13 bits per heavy atom. The van der Waals surface area contributed by atoms with Crippen LogP contribution in [0, 0.1) is 17.1 Å². The van der Waals surface area contributed by atoms with Gasteiger partial charge in [-0.15, -0.1) is 11.3 Å². The maximum atomic E-state index is 13.2. The molecule has 1 amide bonds. The summed E-state index contributed by atoms with van der Waals surface area (Å²) < 4.78 is 13.2. The smallest absolute Gasteiger partial charge is 0.273 e. The normalized spacial score (nSPS) is 15.5. The summed E-state index contributed by atoms with van der Waals surface area (Å²) in [4.78, 5) is 21.3. The van der Waals surface area contributed by atoms with Gasteiger partial charge in [-0.05, 0) is 29.7 Å². The maximum absolute atomic E-state index is 13.2. The number of nitriles is 1. The van der Waals surface area contributed by atoms with E-state index in [-0.39, 0.29) is 11.7 Å². The van der Waals surface area contributed by atoms with Gasteiger partial charge in [0.25, 0.3) is 5.91 Å². The Morgan fingerprint density at radius 2 is 1.81 bits per heavy atom. The van der Waals surface area contributed by atoms with Crippen molar-refractivity contribution >= 4 is 17.2 Å². The molecule has 158 valence electrons. The van der Waals surface area contributed by atoms with Crippen LogP contribution < -0.4 is 0 Å². The number of thiazole rings is 1. The fourth-order valence-electron chi connectivity index (χ4n) is 3.74. The molecule has 0 aliphatic carbocycles. The lowest BCUT2D eigenvalue weighted by atomic mass is 10.1. The molecule has 0 N–H and O–H groups in total. The largest absolute Gasteiger partial charge is 0.335 e. The predicted octanol–water partition coefficient (Wildman–Crippen LogP) is 4.53. The van der Waals surface area contributed by atoms with Crippen molar-refractivity contribution in [2.75, 3.05) is 26.2 Å². The lowest BCUT2D eigenvalue weighted by Gasteiger charge is -2.36. The van der Waals surface area contributed by atoms with E-state index in [1.807, 2.05) is 22.4 Å². The number of rotatable bonds is 5. The fraction of sp³-hybridized carbons (Fsp3) is 0.292. The van der Waals surface area contributed by atoms with Gasteiger partial charge in [-0.2, -0.15) is 5.26 Å². The molecule has 1 unspecified atom stereocenters. The maximum Gasteiger partial charge on any atom is 0.273 e. The highest BCUT2D eigenvalue weighted by Crippen LogP contribution is 2.26. The van der Waals surface area contributed by atoms with Crippen molar-refractivity contribution in [3.05, 3.63) is 76.5 Å². The lowest BCUT2D eigenvalue weighted by molar-refractivity contribution is 0.0601. The highest BCUT2D eigenvalue weighted by Gasteiger charge is 2.28. The van der Waals surface area contributed by atoms with E-state index in [0.717, 1.165) is 22.6 Å². The lowest BCUT2D eigenvalue weighted by Crippen LogP contribution is -2.49. The standard InChI is InChI=1S/C24H23FN4OS/c1-2-17-3-5-19(6-4-17)23-27-21(16-31-23)24(30)29-13-11-28(12-14-29)22(15-26)18-7-9-20(25)10-8-18/h3-10,16,22H,2,11-14H2,1H3. The van der Waals surface area contributed by atoms with Gasteiger partial charge >= 0.3 is 0 Å². The zero-order valence-corrected chi connectivity index (χ0v) is 18.1. The summed E-state index contributed by atoms with van der Waals surface area (Å²) in [5.74, 6) is -0.401. The Kier molecular flexibility index (Phi) is 6.40. The van der Waals surface area contributed by atoms with Gasteiger partial charge in [0, 0.05) is 37.1 Å². The number of carbonyl (C=O) groups is 1.